The number of ether oxygens (including phenoxy) is 2. The molecule has 2 unspecified atom stereocenters. The highest BCUT2D eigenvalue weighted by molar-refractivity contribution is 7.47. The average molecular weight is 1290 g/mol. The maximum Gasteiger partial charge on any atom is 0.472 e. The average Bonchev–Trinajstić information content (AvgIpc) is 3.71. The minimum atomic E-state index is -4.40. The van der Waals surface area contributed by atoms with Crippen molar-refractivity contribution in [3.63, 3.8) is 0 Å². The zero-order valence-electron chi connectivity index (χ0n) is 59.3. The van der Waals surface area contributed by atoms with Gasteiger partial charge in [0, 0.05) is 19.4 Å². The summed E-state index contributed by atoms with van der Waals surface area (Å²) in [5.74, 6) is -0.816. The molecule has 0 aliphatic carbocycles. The molecular formula is C81H144NO8P. The van der Waals surface area contributed by atoms with Crippen molar-refractivity contribution in [3.8, 4) is 0 Å². The van der Waals surface area contributed by atoms with Gasteiger partial charge in [-0.2, -0.15) is 0 Å². The second kappa shape index (κ2) is 75.7. The van der Waals surface area contributed by atoms with E-state index < -0.39 is 26.5 Å². The minimum Gasteiger partial charge on any atom is -0.462 e. The summed E-state index contributed by atoms with van der Waals surface area (Å²) in [5, 5.41) is 0. The lowest BCUT2D eigenvalue weighted by molar-refractivity contribution is -0.161. The van der Waals surface area contributed by atoms with Crippen molar-refractivity contribution >= 4 is 19.8 Å². The van der Waals surface area contributed by atoms with Crippen LogP contribution in [0.3, 0.4) is 0 Å². The number of phosphoric ester groups is 1. The maximum absolute atomic E-state index is 12.8. The smallest absolute Gasteiger partial charge is 0.462 e. The molecule has 0 aliphatic heterocycles. The molecule has 0 heterocycles. The molecule has 0 radical (unpaired) electrons. The summed E-state index contributed by atoms with van der Waals surface area (Å²) in [6, 6.07) is 0. The fourth-order valence-electron chi connectivity index (χ4n) is 11.0. The number of allylic oxidation sites excluding steroid dienone is 18. The first-order valence-electron chi connectivity index (χ1n) is 38.4. The summed E-state index contributed by atoms with van der Waals surface area (Å²) in [6.45, 7) is 3.68. The molecule has 0 bridgehead atoms. The van der Waals surface area contributed by atoms with E-state index in [2.05, 4.69) is 123 Å². The van der Waals surface area contributed by atoms with Crippen LogP contribution in [0.5, 0.6) is 0 Å². The standard InChI is InChI=1S/C81H144NO8P/c1-3-5-7-9-11-13-15-17-19-21-23-25-27-29-31-33-35-36-37-38-39-40-41-42-44-46-48-50-52-54-56-58-60-62-64-66-68-70-72-74-81(84)90-79(78-89-91(85,86)88-76-75-82)77-87-80(83)73-71-69-67-65-63-61-59-57-55-53-51-49-47-45-43-34-32-30-28-26-24-22-20-18-16-14-12-10-8-6-4-2/h5,7,11,13,17,19,22-25,29,31,35-36,38-39,41-42,79H,3-4,6,8-10,12,14-16,18,20-21,26-28,30,32-34,37,40,43-78,82H2,1-2H3,(H,85,86)/b7-5-,13-11-,19-17-,24-22-,25-23-,31-29-,36-35-,39-38-,42-41-. The number of phosphoric acid groups is 1. The van der Waals surface area contributed by atoms with Crippen LogP contribution in [-0.2, 0) is 32.7 Å². The van der Waals surface area contributed by atoms with Gasteiger partial charge in [-0.1, -0.05) is 354 Å². The largest absolute Gasteiger partial charge is 0.472 e. The highest BCUT2D eigenvalue weighted by Gasteiger charge is 2.26. The molecule has 0 aliphatic rings. The number of carbonyl (C=O) groups is 2. The van der Waals surface area contributed by atoms with Crippen LogP contribution in [0.1, 0.15) is 361 Å². The Hall–Kier alpha value is -3.33. The number of hydrogen-bond donors (Lipinski definition) is 2. The van der Waals surface area contributed by atoms with Crippen LogP contribution >= 0.6 is 7.82 Å². The van der Waals surface area contributed by atoms with Gasteiger partial charge in [0.1, 0.15) is 6.61 Å². The van der Waals surface area contributed by atoms with Crippen LogP contribution in [0, 0.1) is 0 Å². The molecule has 0 aromatic rings. The fraction of sp³-hybridized carbons (Fsp3) is 0.753. The zero-order valence-corrected chi connectivity index (χ0v) is 60.2. The molecule has 0 spiro atoms. The number of nitrogens with two attached hydrogens (primary N) is 1. The maximum atomic E-state index is 12.8. The molecule has 0 amide bonds. The van der Waals surface area contributed by atoms with Gasteiger partial charge in [-0.25, -0.2) is 4.57 Å². The van der Waals surface area contributed by atoms with E-state index in [-0.39, 0.29) is 38.6 Å². The van der Waals surface area contributed by atoms with Crippen molar-refractivity contribution in [3.05, 3.63) is 109 Å². The molecule has 0 aromatic heterocycles. The van der Waals surface area contributed by atoms with Gasteiger partial charge in [0.05, 0.1) is 13.2 Å². The minimum absolute atomic E-state index is 0.0515. The summed E-state index contributed by atoms with van der Waals surface area (Å²) in [6.07, 6.45) is 105. The van der Waals surface area contributed by atoms with Gasteiger partial charge in [0.15, 0.2) is 6.10 Å². The van der Waals surface area contributed by atoms with Crippen LogP contribution in [0.4, 0.5) is 0 Å². The lowest BCUT2D eigenvalue weighted by atomic mass is 10.0. The lowest BCUT2D eigenvalue weighted by Gasteiger charge is -2.19. The third-order valence-electron chi connectivity index (χ3n) is 16.6. The SMILES string of the molecule is CC/C=C\C/C=C\C/C=C\C/C=C\C/C=C\C/C=C\C/C=C\C/C=C\CCCCCCCCCCCCCCCCC(=O)OC(COC(=O)CCCCCCCCCCCCCCCCCCCCC/C=C\CCCCCCCCCC)COP(=O)(O)OCCN. The molecule has 0 rings (SSSR count). The van der Waals surface area contributed by atoms with Gasteiger partial charge < -0.3 is 20.1 Å². The van der Waals surface area contributed by atoms with E-state index in [1.54, 1.807) is 0 Å². The number of carbonyl (C=O) groups excluding carboxylic acids is 2. The summed E-state index contributed by atoms with van der Waals surface area (Å²) in [5.41, 5.74) is 5.41. The highest BCUT2D eigenvalue weighted by atomic mass is 31.2. The van der Waals surface area contributed by atoms with E-state index in [4.69, 9.17) is 24.3 Å². The summed E-state index contributed by atoms with van der Waals surface area (Å²) in [4.78, 5) is 35.4. The third-order valence-corrected chi connectivity index (χ3v) is 17.6. The number of hydrogen-bond acceptors (Lipinski definition) is 8. The van der Waals surface area contributed by atoms with Crippen LogP contribution in [0.15, 0.2) is 109 Å². The van der Waals surface area contributed by atoms with E-state index in [1.807, 2.05) is 0 Å². The van der Waals surface area contributed by atoms with Gasteiger partial charge in [-0.05, 0) is 103 Å². The number of esters is 2. The van der Waals surface area contributed by atoms with Crippen molar-refractivity contribution in [2.45, 2.75) is 367 Å². The number of rotatable bonds is 72. The molecule has 3 N–H and O–H groups in total. The highest BCUT2D eigenvalue weighted by Crippen LogP contribution is 2.43. The second-order valence-electron chi connectivity index (χ2n) is 25.5. The molecule has 9 nitrogen and oxygen atoms in total. The van der Waals surface area contributed by atoms with Crippen molar-refractivity contribution in [1.29, 1.82) is 0 Å². The van der Waals surface area contributed by atoms with Crippen molar-refractivity contribution in [1.82, 2.24) is 0 Å². The third kappa shape index (κ3) is 75.6. The lowest BCUT2D eigenvalue weighted by Crippen LogP contribution is -2.29. The topological polar surface area (TPSA) is 134 Å². The Morgan fingerprint density at radius 1 is 0.341 bits per heavy atom. The zero-order chi connectivity index (χ0) is 65.8. The first kappa shape index (κ1) is 87.7. The predicted octanol–water partition coefficient (Wildman–Crippen LogP) is 25.6. The molecule has 526 valence electrons. The van der Waals surface area contributed by atoms with Crippen LogP contribution in [0.2, 0.25) is 0 Å². The van der Waals surface area contributed by atoms with E-state index in [0.717, 1.165) is 89.9 Å². The van der Waals surface area contributed by atoms with Crippen LogP contribution in [-0.4, -0.2) is 49.3 Å². The first-order chi connectivity index (χ1) is 44.8. The van der Waals surface area contributed by atoms with E-state index in [0.29, 0.717) is 6.42 Å². The van der Waals surface area contributed by atoms with E-state index in [9.17, 15) is 19.0 Å². The fourth-order valence-corrected chi connectivity index (χ4v) is 11.8. The molecule has 0 saturated carbocycles. The molecule has 0 aromatic carbocycles. The predicted molar refractivity (Wildman–Crippen MR) is 395 cm³/mol. The Bertz CT molecular complexity index is 1860. The van der Waals surface area contributed by atoms with Crippen LogP contribution < -0.4 is 5.73 Å². The van der Waals surface area contributed by atoms with Gasteiger partial charge >= 0.3 is 19.8 Å². The monoisotopic (exact) mass is 1290 g/mol. The Labute approximate surface area is 562 Å². The van der Waals surface area contributed by atoms with Crippen molar-refractivity contribution in [2.24, 2.45) is 5.73 Å². The van der Waals surface area contributed by atoms with Gasteiger partial charge in [0.25, 0.3) is 0 Å². The van der Waals surface area contributed by atoms with E-state index in [1.165, 1.54) is 238 Å². The van der Waals surface area contributed by atoms with Crippen molar-refractivity contribution < 1.29 is 37.6 Å². The first-order valence-corrected chi connectivity index (χ1v) is 39.9. The molecule has 2 atom stereocenters. The quantitative estimate of drug-likeness (QED) is 0.0264. The summed E-state index contributed by atoms with van der Waals surface area (Å²) < 4.78 is 33.3. The van der Waals surface area contributed by atoms with Gasteiger partial charge in [-0.15, -0.1) is 0 Å². The van der Waals surface area contributed by atoms with Crippen molar-refractivity contribution in [2.75, 3.05) is 26.4 Å². The summed E-state index contributed by atoms with van der Waals surface area (Å²) >= 11 is 0. The molecule has 0 saturated heterocycles. The Morgan fingerprint density at radius 3 is 0.912 bits per heavy atom. The normalized spacial score (nSPS) is 13.5. The van der Waals surface area contributed by atoms with Gasteiger partial charge in [0.2, 0.25) is 0 Å². The Morgan fingerprint density at radius 2 is 0.604 bits per heavy atom. The molecule has 0 fully saturated rings. The molecule has 10 heteroatoms. The van der Waals surface area contributed by atoms with Crippen LogP contribution in [0.25, 0.3) is 0 Å². The number of unbranched alkanes of at least 4 members (excludes halogenated alkanes) is 41. The van der Waals surface area contributed by atoms with E-state index >= 15 is 0 Å². The Balaban J connectivity index is 3.84. The molecule has 91 heavy (non-hydrogen) atoms. The Kier molecular flexibility index (Phi) is 72.9. The second-order valence-corrected chi connectivity index (χ2v) is 26.9. The summed E-state index contributed by atoms with van der Waals surface area (Å²) in [7, 11) is -4.40. The van der Waals surface area contributed by atoms with Gasteiger partial charge in [-0.3, -0.25) is 18.6 Å². The molecular weight excluding hydrogens is 1150 g/mol.